The largest absolute Gasteiger partial charge is 0.326 e. The Morgan fingerprint density at radius 2 is 1.96 bits per heavy atom. The second-order valence-corrected chi connectivity index (χ2v) is 6.83. The van der Waals surface area contributed by atoms with Gasteiger partial charge in [-0.3, -0.25) is 14.4 Å². The maximum absolute atomic E-state index is 13.3. The fraction of sp³-hybridized carbons (Fsp3) is 0.190. The van der Waals surface area contributed by atoms with E-state index in [1.165, 1.54) is 29.3 Å². The van der Waals surface area contributed by atoms with Gasteiger partial charge in [0.15, 0.2) is 5.78 Å². The van der Waals surface area contributed by atoms with Crippen LogP contribution in [0.2, 0.25) is 0 Å². The number of fused-ring (bicyclic) bond motifs is 1. The lowest BCUT2D eigenvalue weighted by Crippen LogP contribution is -2.37. The Labute approximate surface area is 161 Å². The van der Waals surface area contributed by atoms with Crippen molar-refractivity contribution in [2.75, 3.05) is 5.32 Å². The molecule has 7 heteroatoms. The van der Waals surface area contributed by atoms with Crippen LogP contribution in [0.15, 0.2) is 54.7 Å². The first-order valence-electron chi connectivity index (χ1n) is 8.91. The van der Waals surface area contributed by atoms with E-state index < -0.39 is 6.04 Å². The van der Waals surface area contributed by atoms with Crippen LogP contribution >= 0.6 is 0 Å². The Bertz CT molecular complexity index is 1100. The third-order valence-corrected chi connectivity index (χ3v) is 5.02. The number of rotatable bonds is 2. The highest BCUT2D eigenvalue weighted by Crippen LogP contribution is 2.30. The molecule has 1 N–H and O–H groups in total. The molecule has 6 nitrogen and oxygen atoms in total. The zero-order chi connectivity index (χ0) is 19.8. The number of aryl methyl sites for hydroxylation is 2. The number of carbonyl (C=O) groups is 2. The van der Waals surface area contributed by atoms with Crippen molar-refractivity contribution in [2.45, 2.75) is 19.4 Å². The molecule has 1 atom stereocenters. The fourth-order valence-electron chi connectivity index (χ4n) is 3.39. The smallest absolute Gasteiger partial charge is 0.307 e. The normalized spacial score (nSPS) is 16.6. The first-order chi connectivity index (χ1) is 13.4. The Hall–Kier alpha value is -3.48. The molecule has 0 bridgehead atoms. The average molecular weight is 378 g/mol. The SMILES string of the molecule is Cc1c2ccc(NC(=O)N3C=CC(=O)CC3c3ccc(F)cc3)cc2nn1C. The number of benzene rings is 2. The molecule has 4 rings (SSSR count). The third-order valence-electron chi connectivity index (χ3n) is 5.02. The number of urea groups is 1. The number of anilines is 1. The lowest BCUT2D eigenvalue weighted by molar-refractivity contribution is -0.116. The van der Waals surface area contributed by atoms with Crippen LogP contribution in [0.3, 0.4) is 0 Å². The number of nitrogens with one attached hydrogen (secondary N) is 1. The molecule has 0 fully saturated rings. The van der Waals surface area contributed by atoms with E-state index in [2.05, 4.69) is 10.4 Å². The minimum atomic E-state index is -0.487. The minimum Gasteiger partial charge on any atom is -0.307 e. The first kappa shape index (κ1) is 17.9. The van der Waals surface area contributed by atoms with Gasteiger partial charge in [-0.05, 0) is 48.9 Å². The molecule has 142 valence electrons. The minimum absolute atomic E-state index is 0.0799. The Morgan fingerprint density at radius 1 is 1.21 bits per heavy atom. The van der Waals surface area contributed by atoms with Crippen LogP contribution in [0.4, 0.5) is 14.9 Å². The maximum Gasteiger partial charge on any atom is 0.326 e. The number of allylic oxidation sites excluding steroid dienone is 1. The molecule has 0 spiro atoms. The molecule has 1 aliphatic heterocycles. The molecule has 1 aliphatic rings. The molecular formula is C21H19FN4O2. The Balaban J connectivity index is 1.60. The molecule has 0 saturated heterocycles. The van der Waals surface area contributed by atoms with E-state index in [0.717, 1.165) is 16.6 Å². The van der Waals surface area contributed by atoms with E-state index in [0.29, 0.717) is 11.3 Å². The van der Waals surface area contributed by atoms with Gasteiger partial charge in [0.05, 0.1) is 11.6 Å². The topological polar surface area (TPSA) is 67.2 Å². The summed E-state index contributed by atoms with van der Waals surface area (Å²) < 4.78 is 15.0. The summed E-state index contributed by atoms with van der Waals surface area (Å²) in [5.41, 5.74) is 3.14. The van der Waals surface area contributed by atoms with E-state index in [-0.39, 0.29) is 24.1 Å². The van der Waals surface area contributed by atoms with Gasteiger partial charge in [-0.15, -0.1) is 0 Å². The van der Waals surface area contributed by atoms with Gasteiger partial charge in [-0.25, -0.2) is 9.18 Å². The van der Waals surface area contributed by atoms with Gasteiger partial charge in [0.2, 0.25) is 0 Å². The van der Waals surface area contributed by atoms with Crippen LogP contribution in [-0.4, -0.2) is 26.5 Å². The monoisotopic (exact) mass is 378 g/mol. The van der Waals surface area contributed by atoms with Crippen LogP contribution in [0.1, 0.15) is 23.7 Å². The Morgan fingerprint density at radius 3 is 2.71 bits per heavy atom. The van der Waals surface area contributed by atoms with Crippen LogP contribution in [0, 0.1) is 12.7 Å². The number of ketones is 1. The second-order valence-electron chi connectivity index (χ2n) is 6.83. The van der Waals surface area contributed by atoms with Crippen LogP contribution < -0.4 is 5.32 Å². The van der Waals surface area contributed by atoms with E-state index in [1.807, 2.05) is 32.2 Å². The van der Waals surface area contributed by atoms with E-state index in [1.54, 1.807) is 16.8 Å². The summed E-state index contributed by atoms with van der Waals surface area (Å²) in [7, 11) is 1.87. The molecular weight excluding hydrogens is 359 g/mol. The van der Waals surface area contributed by atoms with Crippen molar-refractivity contribution in [3.05, 3.63) is 71.8 Å². The molecule has 0 saturated carbocycles. The fourth-order valence-corrected chi connectivity index (χ4v) is 3.39. The number of nitrogens with zero attached hydrogens (tertiary/aromatic N) is 3. The molecule has 28 heavy (non-hydrogen) atoms. The predicted molar refractivity (Wildman–Crippen MR) is 104 cm³/mol. The summed E-state index contributed by atoms with van der Waals surface area (Å²) in [6, 6.07) is 10.5. The quantitative estimate of drug-likeness (QED) is 0.731. The number of aromatic nitrogens is 2. The standard InChI is InChI=1S/C21H19FN4O2/c1-13-18-8-7-16(11-19(18)24-25(13)2)23-21(28)26-10-9-17(27)12-20(26)14-3-5-15(22)6-4-14/h3-11,20H,12H2,1-2H3,(H,23,28). The molecule has 1 aromatic heterocycles. The van der Waals surface area contributed by atoms with Crippen molar-refractivity contribution in [3.63, 3.8) is 0 Å². The van der Waals surface area contributed by atoms with Gasteiger partial charge in [0.25, 0.3) is 0 Å². The predicted octanol–water partition coefficient (Wildman–Crippen LogP) is 4.08. The Kier molecular flexibility index (Phi) is 4.43. The number of hydrogen-bond acceptors (Lipinski definition) is 3. The van der Waals surface area contributed by atoms with Crippen LogP contribution in [0.25, 0.3) is 10.9 Å². The van der Waals surface area contributed by atoms with Crippen molar-refractivity contribution >= 4 is 28.4 Å². The van der Waals surface area contributed by atoms with Gasteiger partial charge >= 0.3 is 6.03 Å². The first-order valence-corrected chi connectivity index (χ1v) is 8.91. The molecule has 1 unspecified atom stereocenters. The van der Waals surface area contributed by atoms with Crippen molar-refractivity contribution in [2.24, 2.45) is 7.05 Å². The van der Waals surface area contributed by atoms with Gasteiger partial charge in [0.1, 0.15) is 5.82 Å². The molecule has 0 aliphatic carbocycles. The zero-order valence-corrected chi connectivity index (χ0v) is 15.5. The molecule has 0 radical (unpaired) electrons. The van der Waals surface area contributed by atoms with Gasteiger partial charge in [-0.1, -0.05) is 12.1 Å². The summed E-state index contributed by atoms with van der Waals surface area (Å²) in [6.07, 6.45) is 3.00. The van der Waals surface area contributed by atoms with Crippen molar-refractivity contribution in [1.29, 1.82) is 0 Å². The second kappa shape index (κ2) is 6.92. The van der Waals surface area contributed by atoms with Gasteiger partial charge in [-0.2, -0.15) is 5.10 Å². The summed E-state index contributed by atoms with van der Waals surface area (Å²) >= 11 is 0. The van der Waals surface area contributed by atoms with E-state index in [9.17, 15) is 14.0 Å². The van der Waals surface area contributed by atoms with E-state index >= 15 is 0 Å². The molecule has 2 aromatic carbocycles. The summed E-state index contributed by atoms with van der Waals surface area (Å²) in [4.78, 5) is 26.2. The highest BCUT2D eigenvalue weighted by atomic mass is 19.1. The number of hydrogen-bond donors (Lipinski definition) is 1. The van der Waals surface area contributed by atoms with Gasteiger partial charge < -0.3 is 5.32 Å². The van der Waals surface area contributed by atoms with Crippen LogP contribution in [-0.2, 0) is 11.8 Å². The lowest BCUT2D eigenvalue weighted by Gasteiger charge is -2.31. The summed E-state index contributed by atoms with van der Waals surface area (Å²) in [5.74, 6) is -0.444. The highest BCUT2D eigenvalue weighted by Gasteiger charge is 2.28. The molecule has 2 heterocycles. The number of carbonyl (C=O) groups excluding carboxylic acids is 2. The van der Waals surface area contributed by atoms with E-state index in [4.69, 9.17) is 0 Å². The van der Waals surface area contributed by atoms with Crippen LogP contribution in [0.5, 0.6) is 0 Å². The maximum atomic E-state index is 13.3. The van der Waals surface area contributed by atoms with Gasteiger partial charge in [0, 0.05) is 36.4 Å². The lowest BCUT2D eigenvalue weighted by atomic mass is 9.97. The third kappa shape index (κ3) is 3.26. The molecule has 2 amide bonds. The van der Waals surface area contributed by atoms with Crippen molar-refractivity contribution in [3.8, 4) is 0 Å². The highest BCUT2D eigenvalue weighted by molar-refractivity contribution is 5.97. The average Bonchev–Trinajstić information content (AvgIpc) is 2.95. The number of halogens is 1. The summed E-state index contributed by atoms with van der Waals surface area (Å²) in [5, 5.41) is 8.31. The van der Waals surface area contributed by atoms with Crippen molar-refractivity contribution < 1.29 is 14.0 Å². The summed E-state index contributed by atoms with van der Waals surface area (Å²) in [6.45, 7) is 1.98. The number of amides is 2. The molecule has 3 aromatic rings. The zero-order valence-electron chi connectivity index (χ0n) is 15.5. The van der Waals surface area contributed by atoms with Crippen molar-refractivity contribution in [1.82, 2.24) is 14.7 Å².